The number of fused-ring (bicyclic) bond motifs is 2. The van der Waals surface area contributed by atoms with E-state index in [1.54, 1.807) is 29.2 Å². The molecule has 14 nitrogen and oxygen atoms in total. The largest absolute Gasteiger partial charge is 0.477 e. The molecular formula is C19H18N9O5S2+. The number of β-lactam (4-membered cyclic amide) rings is 1. The Morgan fingerprint density at radius 1 is 1.46 bits per heavy atom. The number of nitrogens with one attached hydrogen (secondary N) is 1. The molecule has 3 aromatic heterocycles. The maximum absolute atomic E-state index is 13.0. The van der Waals surface area contributed by atoms with E-state index >= 15 is 0 Å². The summed E-state index contributed by atoms with van der Waals surface area (Å²) in [7, 11) is 1.25. The topological polar surface area (TPSA) is 181 Å². The van der Waals surface area contributed by atoms with Crippen LogP contribution in [0.15, 0.2) is 47.1 Å². The van der Waals surface area contributed by atoms with E-state index in [1.165, 1.54) is 23.8 Å². The minimum Gasteiger partial charge on any atom is -0.477 e. The van der Waals surface area contributed by atoms with Crippen LogP contribution in [0, 0.1) is 0 Å². The molecule has 5 rings (SSSR count). The third kappa shape index (κ3) is 3.95. The molecule has 5 heterocycles. The number of anilines is 1. The Kier molecular flexibility index (Phi) is 5.81. The van der Waals surface area contributed by atoms with E-state index in [2.05, 4.69) is 24.9 Å². The SMILES string of the molecule is CO/N=C(\C(=O)NC1C(=O)N2C(C(=O)O)=C(C[n+]3ccn4ncccc43)CS[C@H]12)c1nsc(N)n1. The Hall–Kier alpha value is -4.05. The molecule has 1 saturated heterocycles. The number of aliphatic carboxylic acids is 1. The third-order valence-electron chi connectivity index (χ3n) is 5.39. The van der Waals surface area contributed by atoms with Gasteiger partial charge in [0.05, 0.1) is 6.20 Å². The fourth-order valence-electron chi connectivity index (χ4n) is 3.90. The van der Waals surface area contributed by atoms with Crippen LogP contribution in [0.3, 0.4) is 0 Å². The standard InChI is InChI=1S/C19H17N9O5S2/c1-33-24-11(14-23-19(20)35-25-14)15(29)22-12-16(30)28-13(18(31)32)9(8-34-17(12)28)7-26-5-6-27-10(26)3-2-4-21-27/h2-6,12,17H,7-8H2,1H3,(H3-,20,22,23,25,29,31,32)/p+1/b24-11-/t12?,17-/m1/s1. The lowest BCUT2D eigenvalue weighted by Crippen LogP contribution is -2.71. The van der Waals surface area contributed by atoms with E-state index in [9.17, 15) is 19.5 Å². The number of carbonyl (C=O) groups is 3. The van der Waals surface area contributed by atoms with Crippen molar-refractivity contribution in [1.29, 1.82) is 0 Å². The maximum atomic E-state index is 13.0. The molecule has 0 aromatic carbocycles. The minimum atomic E-state index is -1.21. The first-order valence-corrected chi connectivity index (χ1v) is 11.9. The second-order valence-corrected chi connectivity index (χ2v) is 9.34. The van der Waals surface area contributed by atoms with Crippen LogP contribution >= 0.6 is 23.3 Å². The van der Waals surface area contributed by atoms with Crippen LogP contribution in [0.5, 0.6) is 0 Å². The summed E-state index contributed by atoms with van der Waals surface area (Å²) in [5, 5.41) is 19.9. The summed E-state index contributed by atoms with van der Waals surface area (Å²) in [6, 6.07) is 2.69. The van der Waals surface area contributed by atoms with Gasteiger partial charge in [-0.25, -0.2) is 9.36 Å². The molecule has 16 heteroatoms. The molecule has 2 aliphatic rings. The lowest BCUT2D eigenvalue weighted by Gasteiger charge is -2.49. The lowest BCUT2D eigenvalue weighted by atomic mass is 10.0. The number of carbonyl (C=O) groups excluding carboxylic acids is 2. The number of carboxylic acids is 1. The van der Waals surface area contributed by atoms with Gasteiger partial charge in [0.15, 0.2) is 11.3 Å². The van der Waals surface area contributed by atoms with Crippen molar-refractivity contribution < 1.29 is 28.9 Å². The molecule has 2 atom stereocenters. The molecule has 1 unspecified atom stereocenters. The molecular weight excluding hydrogens is 498 g/mol. The number of nitrogens with two attached hydrogens (primary N) is 1. The third-order valence-corrected chi connectivity index (χ3v) is 7.27. The molecule has 0 bridgehead atoms. The van der Waals surface area contributed by atoms with E-state index in [0.717, 1.165) is 17.2 Å². The number of aromatic nitrogens is 5. The van der Waals surface area contributed by atoms with Crippen LogP contribution in [0.1, 0.15) is 5.82 Å². The number of carboxylic acid groups (broad SMARTS) is 1. The first-order chi connectivity index (χ1) is 16.9. The van der Waals surface area contributed by atoms with Gasteiger partial charge in [0.1, 0.15) is 37.0 Å². The van der Waals surface area contributed by atoms with Crippen LogP contribution in [-0.2, 0) is 25.8 Å². The quantitative estimate of drug-likeness (QED) is 0.150. The summed E-state index contributed by atoms with van der Waals surface area (Å²) in [6.07, 6.45) is 5.21. The van der Waals surface area contributed by atoms with Crippen molar-refractivity contribution in [3.05, 3.63) is 47.8 Å². The Labute approximate surface area is 205 Å². The van der Waals surface area contributed by atoms with Crippen LogP contribution in [0.4, 0.5) is 5.13 Å². The average molecular weight is 517 g/mol. The van der Waals surface area contributed by atoms with Gasteiger partial charge >= 0.3 is 11.6 Å². The van der Waals surface area contributed by atoms with Gasteiger partial charge < -0.3 is 21.0 Å². The molecule has 1 fully saturated rings. The molecule has 180 valence electrons. The summed E-state index contributed by atoms with van der Waals surface area (Å²) < 4.78 is 7.48. The number of hydrogen-bond acceptors (Lipinski definition) is 11. The fraction of sp³-hybridized carbons (Fsp3) is 0.263. The Bertz CT molecular complexity index is 1410. The number of nitrogen functional groups attached to an aromatic ring is 1. The average Bonchev–Trinajstić information content (AvgIpc) is 3.46. The van der Waals surface area contributed by atoms with Gasteiger partial charge in [-0.15, -0.1) is 16.3 Å². The van der Waals surface area contributed by atoms with E-state index in [-0.39, 0.29) is 28.9 Å². The zero-order valence-electron chi connectivity index (χ0n) is 18.1. The second-order valence-electron chi connectivity index (χ2n) is 7.45. The number of oxime groups is 1. The number of nitrogens with zero attached hydrogens (tertiary/aromatic N) is 7. The zero-order chi connectivity index (χ0) is 24.7. The smallest absolute Gasteiger partial charge is 0.352 e. The van der Waals surface area contributed by atoms with E-state index < -0.39 is 29.2 Å². The summed E-state index contributed by atoms with van der Waals surface area (Å²) in [6.45, 7) is 0.270. The van der Waals surface area contributed by atoms with Crippen molar-refractivity contribution in [1.82, 2.24) is 29.2 Å². The molecule has 2 amide bonds. The number of amides is 2. The van der Waals surface area contributed by atoms with Gasteiger partial charge in [0.2, 0.25) is 11.5 Å². The van der Waals surface area contributed by atoms with E-state index in [0.29, 0.717) is 11.3 Å². The number of thioether (sulfide) groups is 1. The van der Waals surface area contributed by atoms with Crippen molar-refractivity contribution in [3.8, 4) is 0 Å². The van der Waals surface area contributed by atoms with Crippen LogP contribution in [-0.4, -0.2) is 76.8 Å². The van der Waals surface area contributed by atoms with Gasteiger partial charge in [-0.1, -0.05) is 10.3 Å². The molecule has 35 heavy (non-hydrogen) atoms. The Balaban J connectivity index is 1.37. The highest BCUT2D eigenvalue weighted by atomic mass is 32.2. The van der Waals surface area contributed by atoms with Gasteiger partial charge in [-0.2, -0.15) is 9.36 Å². The van der Waals surface area contributed by atoms with Gasteiger partial charge in [-0.05, 0) is 6.07 Å². The molecule has 4 N–H and O–H groups in total. The maximum Gasteiger partial charge on any atom is 0.352 e. The first kappa shape index (κ1) is 22.7. The van der Waals surface area contributed by atoms with Crippen molar-refractivity contribution >= 4 is 57.6 Å². The van der Waals surface area contributed by atoms with Crippen molar-refractivity contribution in [3.63, 3.8) is 0 Å². The van der Waals surface area contributed by atoms with Crippen molar-refractivity contribution in [2.75, 3.05) is 18.6 Å². The number of imidazole rings is 1. The summed E-state index contributed by atoms with van der Waals surface area (Å²) in [5.74, 6) is -2.17. The minimum absolute atomic E-state index is 0.0357. The van der Waals surface area contributed by atoms with E-state index in [4.69, 9.17) is 10.6 Å². The predicted molar refractivity (Wildman–Crippen MR) is 123 cm³/mol. The van der Waals surface area contributed by atoms with Gasteiger partial charge in [0.25, 0.3) is 11.8 Å². The number of hydrogen-bond donors (Lipinski definition) is 3. The summed E-state index contributed by atoms with van der Waals surface area (Å²) in [5.41, 5.74) is 6.60. The van der Waals surface area contributed by atoms with Crippen LogP contribution < -0.4 is 15.6 Å². The molecule has 0 saturated carbocycles. The van der Waals surface area contributed by atoms with Crippen molar-refractivity contribution in [2.45, 2.75) is 18.0 Å². The normalized spacial score (nSPS) is 20.0. The molecule has 0 radical (unpaired) electrons. The monoisotopic (exact) mass is 516 g/mol. The molecule has 3 aromatic rings. The highest BCUT2D eigenvalue weighted by molar-refractivity contribution is 8.00. The van der Waals surface area contributed by atoms with Crippen molar-refractivity contribution in [2.24, 2.45) is 5.16 Å². The van der Waals surface area contributed by atoms with Gasteiger partial charge in [-0.3, -0.25) is 14.5 Å². The van der Waals surface area contributed by atoms with E-state index in [1.807, 2.05) is 10.6 Å². The Morgan fingerprint density at radius 3 is 3.00 bits per heavy atom. The first-order valence-electron chi connectivity index (χ1n) is 10.1. The number of rotatable bonds is 7. The highest BCUT2D eigenvalue weighted by Gasteiger charge is 2.54. The second kappa shape index (κ2) is 8.95. The Morgan fingerprint density at radius 2 is 2.29 bits per heavy atom. The summed E-state index contributed by atoms with van der Waals surface area (Å²) in [4.78, 5) is 47.8. The fourth-order valence-corrected chi connectivity index (χ4v) is 5.67. The van der Waals surface area contributed by atoms with Crippen LogP contribution in [0.25, 0.3) is 5.65 Å². The van der Waals surface area contributed by atoms with Crippen LogP contribution in [0.2, 0.25) is 0 Å². The predicted octanol–water partition coefficient (Wildman–Crippen LogP) is -1.16. The highest BCUT2D eigenvalue weighted by Crippen LogP contribution is 2.40. The summed E-state index contributed by atoms with van der Waals surface area (Å²) >= 11 is 2.24. The van der Waals surface area contributed by atoms with Gasteiger partial charge in [0, 0.05) is 28.9 Å². The molecule has 2 aliphatic heterocycles. The molecule has 0 aliphatic carbocycles. The molecule has 0 spiro atoms. The lowest BCUT2D eigenvalue weighted by molar-refractivity contribution is -0.662. The zero-order valence-corrected chi connectivity index (χ0v) is 19.7.